The standard InChI is InChI=1S/C34H32BrCl2FN8/c1-34(2,3)45-12-10-25(11-13-45)46-19-30(43-44-46)32(20-4-6-22(36)7-5-20)42-29-15-23(37)14-26-31(21(17-39)18-40-33(26)29)41-24-8-9-28(38)27(35)16-24/h4-9,14-16,18-19,25,32,42H,10-13H2,1-3H3,(H,40,41)/t32-/m0/s1. The van der Waals surface area contributed by atoms with E-state index in [2.05, 4.69) is 73.6 Å². The number of piperidine rings is 1. The Labute approximate surface area is 285 Å². The zero-order valence-corrected chi connectivity index (χ0v) is 28.6. The molecule has 3 heterocycles. The van der Waals surface area contributed by atoms with Gasteiger partial charge in [-0.15, -0.1) is 5.10 Å². The van der Waals surface area contributed by atoms with Crippen LogP contribution in [0.2, 0.25) is 10.0 Å². The Morgan fingerprint density at radius 2 is 1.78 bits per heavy atom. The first-order valence-corrected chi connectivity index (χ1v) is 16.5. The minimum absolute atomic E-state index is 0.134. The first-order chi connectivity index (χ1) is 22.0. The lowest BCUT2D eigenvalue weighted by molar-refractivity contribution is 0.0866. The van der Waals surface area contributed by atoms with Gasteiger partial charge in [-0.3, -0.25) is 9.88 Å². The van der Waals surface area contributed by atoms with Crippen LogP contribution in [0.1, 0.15) is 62.5 Å². The van der Waals surface area contributed by atoms with Crippen molar-refractivity contribution in [2.45, 2.75) is 51.2 Å². The first kappa shape index (κ1) is 32.2. The zero-order valence-electron chi connectivity index (χ0n) is 25.5. The monoisotopic (exact) mass is 720 g/mol. The van der Waals surface area contributed by atoms with Gasteiger partial charge >= 0.3 is 0 Å². The second-order valence-corrected chi connectivity index (χ2v) is 14.1. The minimum atomic E-state index is -0.413. The fraction of sp³-hybridized carbons (Fsp3) is 0.294. The van der Waals surface area contributed by atoms with E-state index in [9.17, 15) is 9.65 Å². The van der Waals surface area contributed by atoms with Crippen LogP contribution in [0.25, 0.3) is 10.9 Å². The van der Waals surface area contributed by atoms with Crippen molar-refractivity contribution in [1.29, 1.82) is 5.26 Å². The van der Waals surface area contributed by atoms with Crippen LogP contribution in [0.4, 0.5) is 21.5 Å². The maximum atomic E-state index is 13.9. The van der Waals surface area contributed by atoms with Gasteiger partial charge in [0.1, 0.15) is 17.6 Å². The molecule has 12 heteroatoms. The number of pyridine rings is 1. The van der Waals surface area contributed by atoms with Crippen molar-refractivity contribution in [2.24, 2.45) is 0 Å². The molecule has 0 unspecified atom stereocenters. The molecule has 236 valence electrons. The summed E-state index contributed by atoms with van der Waals surface area (Å²) in [5.74, 6) is -0.388. The van der Waals surface area contributed by atoms with Crippen LogP contribution in [0, 0.1) is 17.1 Å². The maximum absolute atomic E-state index is 13.9. The summed E-state index contributed by atoms with van der Waals surface area (Å²) in [6, 6.07) is 17.8. The molecule has 0 aliphatic carbocycles. The van der Waals surface area contributed by atoms with Gasteiger partial charge in [0.15, 0.2) is 0 Å². The maximum Gasteiger partial charge on any atom is 0.137 e. The number of hydrogen-bond donors (Lipinski definition) is 2. The van der Waals surface area contributed by atoms with Crippen molar-refractivity contribution < 1.29 is 4.39 Å². The summed E-state index contributed by atoms with van der Waals surface area (Å²) >= 11 is 16.2. The lowest BCUT2D eigenvalue weighted by atomic mass is 9.98. The van der Waals surface area contributed by atoms with Gasteiger partial charge in [0.05, 0.1) is 45.2 Å². The van der Waals surface area contributed by atoms with Gasteiger partial charge in [0.25, 0.3) is 0 Å². The van der Waals surface area contributed by atoms with Crippen LogP contribution < -0.4 is 10.6 Å². The molecule has 5 aromatic rings. The Balaban J connectivity index is 1.38. The first-order valence-electron chi connectivity index (χ1n) is 14.9. The average molecular weight is 722 g/mol. The summed E-state index contributed by atoms with van der Waals surface area (Å²) in [5, 5.41) is 27.7. The normalized spacial score (nSPS) is 15.1. The number of benzene rings is 3. The Bertz CT molecular complexity index is 1930. The molecule has 8 nitrogen and oxygen atoms in total. The molecule has 1 aliphatic heterocycles. The van der Waals surface area contributed by atoms with Gasteiger partial charge in [-0.25, -0.2) is 9.07 Å². The Kier molecular flexibility index (Phi) is 9.22. The third-order valence-corrected chi connectivity index (χ3v) is 9.44. The number of aromatic nitrogens is 4. The highest BCUT2D eigenvalue weighted by molar-refractivity contribution is 9.10. The lowest BCUT2D eigenvalue weighted by Crippen LogP contribution is -2.46. The minimum Gasteiger partial charge on any atom is -0.371 e. The third-order valence-electron chi connectivity index (χ3n) is 8.36. The Morgan fingerprint density at radius 3 is 2.46 bits per heavy atom. The molecular weight excluding hydrogens is 690 g/mol. The SMILES string of the molecule is CC(C)(C)N1CCC(n2cc([C@@H](Nc3cc(Cl)cc4c(Nc5ccc(F)c(Br)c5)c(C#N)cnc34)c3ccc(Cl)cc3)nn2)CC1. The fourth-order valence-corrected chi connectivity index (χ4v) is 6.58. The van der Waals surface area contributed by atoms with E-state index >= 15 is 0 Å². The van der Waals surface area contributed by atoms with Crippen LogP contribution in [0.5, 0.6) is 0 Å². The van der Waals surface area contributed by atoms with Gasteiger partial charge < -0.3 is 10.6 Å². The number of anilines is 3. The number of rotatable bonds is 7. The largest absolute Gasteiger partial charge is 0.371 e. The van der Waals surface area contributed by atoms with E-state index in [0.29, 0.717) is 48.0 Å². The summed E-state index contributed by atoms with van der Waals surface area (Å²) in [6.07, 6.45) is 5.50. The van der Waals surface area contributed by atoms with Crippen LogP contribution in [-0.2, 0) is 0 Å². The second-order valence-electron chi connectivity index (χ2n) is 12.4. The van der Waals surface area contributed by atoms with E-state index in [4.69, 9.17) is 23.2 Å². The molecule has 3 aromatic carbocycles. The van der Waals surface area contributed by atoms with Crippen LogP contribution in [-0.4, -0.2) is 43.5 Å². The molecule has 1 atom stereocenters. The molecule has 46 heavy (non-hydrogen) atoms. The van der Waals surface area contributed by atoms with E-state index in [1.807, 2.05) is 35.1 Å². The van der Waals surface area contributed by atoms with Gasteiger partial charge in [0, 0.05) is 45.9 Å². The molecule has 0 amide bonds. The van der Waals surface area contributed by atoms with Crippen molar-refractivity contribution in [3.8, 4) is 6.07 Å². The molecule has 0 radical (unpaired) electrons. The summed E-state index contributed by atoms with van der Waals surface area (Å²) < 4.78 is 16.2. The van der Waals surface area contributed by atoms with Crippen LogP contribution in [0.3, 0.4) is 0 Å². The Morgan fingerprint density at radius 1 is 1.04 bits per heavy atom. The van der Waals surface area contributed by atoms with E-state index < -0.39 is 6.04 Å². The number of nitrogens with one attached hydrogen (secondary N) is 2. The predicted molar refractivity (Wildman–Crippen MR) is 185 cm³/mol. The molecule has 1 aliphatic rings. The predicted octanol–water partition coefficient (Wildman–Crippen LogP) is 9.29. The Hall–Kier alpha value is -3.75. The highest BCUT2D eigenvalue weighted by atomic mass is 79.9. The van der Waals surface area contributed by atoms with Gasteiger partial charge in [-0.05, 0) is 97.6 Å². The van der Waals surface area contributed by atoms with Crippen molar-refractivity contribution in [3.63, 3.8) is 0 Å². The number of hydrogen-bond acceptors (Lipinski definition) is 7. The molecule has 2 N–H and O–H groups in total. The third kappa shape index (κ3) is 6.83. The van der Waals surface area contributed by atoms with Crippen molar-refractivity contribution in [2.75, 3.05) is 23.7 Å². The highest BCUT2D eigenvalue weighted by Gasteiger charge is 2.29. The summed E-state index contributed by atoms with van der Waals surface area (Å²) in [5.41, 5.74) is 4.44. The van der Waals surface area contributed by atoms with Crippen LogP contribution in [0.15, 0.2) is 71.5 Å². The van der Waals surface area contributed by atoms with Gasteiger partial charge in [-0.1, -0.05) is 40.5 Å². The van der Waals surface area contributed by atoms with Crippen molar-refractivity contribution in [1.82, 2.24) is 24.9 Å². The lowest BCUT2D eigenvalue weighted by Gasteiger charge is -2.40. The molecule has 1 fully saturated rings. The van der Waals surface area contributed by atoms with E-state index in [1.165, 1.54) is 12.3 Å². The summed E-state index contributed by atoms with van der Waals surface area (Å²) in [7, 11) is 0. The van der Waals surface area contributed by atoms with Gasteiger partial charge in [-0.2, -0.15) is 5.26 Å². The number of fused-ring (bicyclic) bond motifs is 1. The van der Waals surface area contributed by atoms with E-state index in [1.54, 1.807) is 24.3 Å². The van der Waals surface area contributed by atoms with E-state index in [-0.39, 0.29) is 17.4 Å². The number of likely N-dealkylation sites (tertiary alicyclic amines) is 1. The molecule has 6 rings (SSSR count). The number of halogens is 4. The molecule has 0 bridgehead atoms. The number of nitriles is 1. The summed E-state index contributed by atoms with van der Waals surface area (Å²) in [4.78, 5) is 7.17. The van der Waals surface area contributed by atoms with Crippen molar-refractivity contribution in [3.05, 3.63) is 104 Å². The topological polar surface area (TPSA) is 94.7 Å². The van der Waals surface area contributed by atoms with Crippen LogP contribution >= 0.6 is 39.1 Å². The highest BCUT2D eigenvalue weighted by Crippen LogP contribution is 2.38. The smallest absolute Gasteiger partial charge is 0.137 e. The van der Waals surface area contributed by atoms with Crippen molar-refractivity contribution >= 4 is 67.1 Å². The molecule has 1 saturated heterocycles. The number of nitrogens with zero attached hydrogens (tertiary/aromatic N) is 6. The molecule has 0 saturated carbocycles. The fourth-order valence-electron chi connectivity index (χ4n) is 5.86. The molecule has 2 aromatic heterocycles. The quantitative estimate of drug-likeness (QED) is 0.173. The summed E-state index contributed by atoms with van der Waals surface area (Å²) in [6.45, 7) is 8.75. The van der Waals surface area contributed by atoms with Gasteiger partial charge in [0.2, 0.25) is 0 Å². The zero-order chi connectivity index (χ0) is 32.6. The average Bonchev–Trinajstić information content (AvgIpc) is 3.52. The molecule has 0 spiro atoms. The second kappa shape index (κ2) is 13.2. The van der Waals surface area contributed by atoms with E-state index in [0.717, 1.165) is 37.2 Å². The molecular formula is C34H32BrCl2FN8.